The lowest BCUT2D eigenvalue weighted by molar-refractivity contribution is -0.0722. The maximum Gasteiger partial charge on any atom is 0.0164 e. The molecule has 2 atom stereocenters. The van der Waals surface area contributed by atoms with Gasteiger partial charge in [-0.3, -0.25) is 0 Å². The second kappa shape index (κ2) is 4.26. The molecule has 2 unspecified atom stereocenters. The molecule has 0 aliphatic heterocycles. The van der Waals surface area contributed by atoms with Crippen molar-refractivity contribution in [3.63, 3.8) is 0 Å². The minimum absolute atomic E-state index is 0.259. The molecule has 0 radical (unpaired) electrons. The van der Waals surface area contributed by atoms with Gasteiger partial charge in [0, 0.05) is 5.54 Å². The molecule has 98 valence electrons. The third-order valence-electron chi connectivity index (χ3n) is 5.79. The first-order valence-corrected chi connectivity index (χ1v) is 7.92. The molecule has 1 nitrogen and oxygen atoms in total. The lowest BCUT2D eigenvalue weighted by Crippen LogP contribution is -2.60. The monoisotopic (exact) mass is 235 g/mol. The molecular formula is C16H29N. The van der Waals surface area contributed by atoms with E-state index < -0.39 is 0 Å². The summed E-state index contributed by atoms with van der Waals surface area (Å²) in [5.74, 6) is 1.99. The van der Waals surface area contributed by atoms with Crippen LogP contribution in [-0.4, -0.2) is 5.54 Å². The van der Waals surface area contributed by atoms with E-state index in [0.29, 0.717) is 5.41 Å². The molecule has 0 heterocycles. The summed E-state index contributed by atoms with van der Waals surface area (Å²) in [6.45, 7) is 2.31. The fourth-order valence-corrected chi connectivity index (χ4v) is 5.75. The van der Waals surface area contributed by atoms with E-state index in [0.717, 1.165) is 11.8 Å². The van der Waals surface area contributed by atoms with Gasteiger partial charge >= 0.3 is 0 Å². The molecule has 2 N–H and O–H groups in total. The lowest BCUT2D eigenvalue weighted by atomic mass is 9.46. The number of rotatable bonds is 5. The van der Waals surface area contributed by atoms with E-state index in [2.05, 4.69) is 6.92 Å². The summed E-state index contributed by atoms with van der Waals surface area (Å²) in [6.07, 6.45) is 15.8. The Bertz CT molecular complexity index is 269. The van der Waals surface area contributed by atoms with Crippen molar-refractivity contribution in [1.82, 2.24) is 0 Å². The lowest BCUT2D eigenvalue weighted by Gasteiger charge is -2.61. The standard InChI is InChI=1S/C16H29N/c1-2-3-4-5-6-15-8-13-7-14(9-15)11-16(17,10-13)12-15/h13-14H,2-12,17H2,1H3. The number of nitrogens with two attached hydrogens (primary N) is 1. The SMILES string of the molecule is CCCCCCC12CC3CC(CC(N)(C3)C1)C2. The van der Waals surface area contributed by atoms with E-state index in [1.165, 1.54) is 70.6 Å². The minimum atomic E-state index is 0.259. The van der Waals surface area contributed by atoms with E-state index >= 15 is 0 Å². The van der Waals surface area contributed by atoms with Crippen molar-refractivity contribution in [2.24, 2.45) is 23.0 Å². The molecular weight excluding hydrogens is 206 g/mol. The van der Waals surface area contributed by atoms with Crippen LogP contribution in [-0.2, 0) is 0 Å². The third-order valence-corrected chi connectivity index (χ3v) is 5.79. The molecule has 4 fully saturated rings. The van der Waals surface area contributed by atoms with Crippen molar-refractivity contribution < 1.29 is 0 Å². The Morgan fingerprint density at radius 1 is 1.00 bits per heavy atom. The Labute approximate surface area is 107 Å². The van der Waals surface area contributed by atoms with Crippen LogP contribution in [0.2, 0.25) is 0 Å². The highest BCUT2D eigenvalue weighted by molar-refractivity contribution is 5.10. The average Bonchev–Trinajstić information content (AvgIpc) is 2.21. The molecule has 4 saturated carbocycles. The topological polar surface area (TPSA) is 26.0 Å². The van der Waals surface area contributed by atoms with Crippen LogP contribution in [0.25, 0.3) is 0 Å². The van der Waals surface area contributed by atoms with Gasteiger partial charge in [-0.2, -0.15) is 0 Å². The van der Waals surface area contributed by atoms with Crippen LogP contribution in [0.1, 0.15) is 77.6 Å². The van der Waals surface area contributed by atoms with Gasteiger partial charge in [-0.15, -0.1) is 0 Å². The van der Waals surface area contributed by atoms with Gasteiger partial charge in [0.2, 0.25) is 0 Å². The molecule has 1 heteroatoms. The van der Waals surface area contributed by atoms with Crippen molar-refractivity contribution in [1.29, 1.82) is 0 Å². The Hall–Kier alpha value is -0.0400. The summed E-state index contributed by atoms with van der Waals surface area (Å²) < 4.78 is 0. The Morgan fingerprint density at radius 3 is 2.29 bits per heavy atom. The van der Waals surface area contributed by atoms with Crippen LogP contribution < -0.4 is 5.73 Å². The van der Waals surface area contributed by atoms with Crippen LogP contribution in [0.5, 0.6) is 0 Å². The molecule has 0 saturated heterocycles. The molecule has 0 aromatic rings. The van der Waals surface area contributed by atoms with Gasteiger partial charge < -0.3 is 5.73 Å². The highest BCUT2D eigenvalue weighted by atomic mass is 14.8. The maximum absolute atomic E-state index is 6.64. The van der Waals surface area contributed by atoms with Crippen molar-refractivity contribution in [2.45, 2.75) is 83.1 Å². The van der Waals surface area contributed by atoms with Crippen molar-refractivity contribution in [3.05, 3.63) is 0 Å². The van der Waals surface area contributed by atoms with Crippen LogP contribution in [0.4, 0.5) is 0 Å². The summed E-state index contributed by atoms with van der Waals surface area (Å²) in [5, 5.41) is 0. The first-order chi connectivity index (χ1) is 8.13. The molecule has 0 aromatic heterocycles. The number of hydrogen-bond donors (Lipinski definition) is 1. The number of hydrogen-bond acceptors (Lipinski definition) is 1. The normalized spacial score (nSPS) is 47.6. The van der Waals surface area contributed by atoms with Crippen LogP contribution in [0.3, 0.4) is 0 Å². The van der Waals surface area contributed by atoms with Gasteiger partial charge in [0.05, 0.1) is 0 Å². The van der Waals surface area contributed by atoms with Crippen LogP contribution in [0.15, 0.2) is 0 Å². The van der Waals surface area contributed by atoms with Gasteiger partial charge in [0.1, 0.15) is 0 Å². The van der Waals surface area contributed by atoms with Crippen LogP contribution in [0, 0.1) is 17.3 Å². The van der Waals surface area contributed by atoms with Crippen molar-refractivity contribution in [2.75, 3.05) is 0 Å². The third kappa shape index (κ3) is 2.28. The predicted octanol–water partition coefficient (Wildman–Crippen LogP) is 4.25. The van der Waals surface area contributed by atoms with Gasteiger partial charge in [0.25, 0.3) is 0 Å². The Kier molecular flexibility index (Phi) is 3.01. The summed E-state index contributed by atoms with van der Waals surface area (Å²) >= 11 is 0. The largest absolute Gasteiger partial charge is 0.325 e. The van der Waals surface area contributed by atoms with Crippen molar-refractivity contribution in [3.8, 4) is 0 Å². The van der Waals surface area contributed by atoms with E-state index in [9.17, 15) is 0 Å². The van der Waals surface area contributed by atoms with Gasteiger partial charge in [-0.25, -0.2) is 0 Å². The average molecular weight is 235 g/mol. The molecule has 17 heavy (non-hydrogen) atoms. The fraction of sp³-hybridized carbons (Fsp3) is 1.00. The highest BCUT2D eigenvalue weighted by Gasteiger charge is 2.55. The molecule has 0 aromatic carbocycles. The van der Waals surface area contributed by atoms with E-state index in [-0.39, 0.29) is 5.54 Å². The fourth-order valence-electron chi connectivity index (χ4n) is 5.75. The second-order valence-corrected chi connectivity index (χ2v) is 7.63. The highest BCUT2D eigenvalue weighted by Crippen LogP contribution is 2.62. The van der Waals surface area contributed by atoms with Gasteiger partial charge in [0.15, 0.2) is 0 Å². The quantitative estimate of drug-likeness (QED) is 0.708. The molecule has 4 aliphatic rings. The smallest absolute Gasteiger partial charge is 0.0164 e. The summed E-state index contributed by atoms with van der Waals surface area (Å²) in [4.78, 5) is 0. The van der Waals surface area contributed by atoms with E-state index in [4.69, 9.17) is 5.73 Å². The van der Waals surface area contributed by atoms with Gasteiger partial charge in [-0.1, -0.05) is 32.6 Å². The van der Waals surface area contributed by atoms with Crippen molar-refractivity contribution >= 4 is 0 Å². The number of unbranched alkanes of at least 4 members (excludes halogenated alkanes) is 3. The van der Waals surface area contributed by atoms with E-state index in [1.54, 1.807) is 0 Å². The molecule has 0 amide bonds. The predicted molar refractivity (Wildman–Crippen MR) is 72.8 cm³/mol. The van der Waals surface area contributed by atoms with E-state index in [1.807, 2.05) is 0 Å². The first kappa shape index (κ1) is 12.0. The molecule has 4 aliphatic carbocycles. The molecule has 0 spiro atoms. The second-order valence-electron chi connectivity index (χ2n) is 7.63. The summed E-state index contributed by atoms with van der Waals surface area (Å²) in [7, 11) is 0. The first-order valence-electron chi connectivity index (χ1n) is 7.92. The summed E-state index contributed by atoms with van der Waals surface area (Å²) in [5.41, 5.74) is 7.58. The zero-order valence-corrected chi connectivity index (χ0v) is 11.5. The summed E-state index contributed by atoms with van der Waals surface area (Å²) in [6, 6.07) is 0. The zero-order chi connectivity index (χ0) is 11.9. The molecule has 4 rings (SSSR count). The minimum Gasteiger partial charge on any atom is -0.325 e. The zero-order valence-electron chi connectivity index (χ0n) is 11.5. The Morgan fingerprint density at radius 2 is 1.71 bits per heavy atom. The Balaban J connectivity index is 1.62. The van der Waals surface area contributed by atoms with Crippen LogP contribution >= 0.6 is 0 Å². The van der Waals surface area contributed by atoms with Gasteiger partial charge in [-0.05, 0) is 62.2 Å². The molecule has 4 bridgehead atoms. The maximum atomic E-state index is 6.64.